The second kappa shape index (κ2) is 6.00. The van der Waals surface area contributed by atoms with Gasteiger partial charge in [0.25, 0.3) is 5.91 Å². The fraction of sp³-hybridized carbons (Fsp3) is 0.333. The zero-order valence-corrected chi connectivity index (χ0v) is 9.90. The zero-order valence-electron chi connectivity index (χ0n) is 9.90. The Morgan fingerprint density at radius 1 is 1.41 bits per heavy atom. The number of anilines is 1. The summed E-state index contributed by atoms with van der Waals surface area (Å²) >= 11 is 0. The lowest BCUT2D eigenvalue weighted by atomic mass is 10.2. The maximum absolute atomic E-state index is 11.6. The number of aryl methyl sites for hydroxylation is 1. The van der Waals surface area contributed by atoms with E-state index in [1.165, 1.54) is 0 Å². The van der Waals surface area contributed by atoms with Crippen molar-refractivity contribution in [2.45, 2.75) is 19.9 Å². The maximum atomic E-state index is 11.6. The number of carbonyl (C=O) groups excluding carboxylic acids is 2. The SMILES string of the molecule is CCOC(=O)C(N)C(=O)Nc1ccccc1C. The number of nitrogens with two attached hydrogens (primary N) is 1. The molecule has 3 N–H and O–H groups in total. The number of para-hydroxylation sites is 1. The number of carbonyl (C=O) groups is 2. The Kier molecular flexibility index (Phi) is 4.66. The molecule has 0 spiro atoms. The molecule has 1 aromatic rings. The normalized spacial score (nSPS) is 11.7. The summed E-state index contributed by atoms with van der Waals surface area (Å²) in [6.07, 6.45) is 0. The van der Waals surface area contributed by atoms with Crippen LogP contribution in [0.3, 0.4) is 0 Å². The van der Waals surface area contributed by atoms with E-state index in [2.05, 4.69) is 10.1 Å². The molecule has 0 saturated carbocycles. The minimum Gasteiger partial charge on any atom is -0.464 e. The Balaban J connectivity index is 2.67. The van der Waals surface area contributed by atoms with Crippen LogP contribution in [-0.2, 0) is 14.3 Å². The lowest BCUT2D eigenvalue weighted by Crippen LogP contribution is -2.43. The summed E-state index contributed by atoms with van der Waals surface area (Å²) in [5.41, 5.74) is 6.99. The van der Waals surface area contributed by atoms with Gasteiger partial charge in [-0.2, -0.15) is 0 Å². The second-order valence-electron chi connectivity index (χ2n) is 3.53. The molecular weight excluding hydrogens is 220 g/mol. The minimum absolute atomic E-state index is 0.199. The Morgan fingerprint density at radius 2 is 2.06 bits per heavy atom. The number of amides is 1. The van der Waals surface area contributed by atoms with Crippen LogP contribution in [0.4, 0.5) is 5.69 Å². The van der Waals surface area contributed by atoms with Gasteiger partial charge in [-0.15, -0.1) is 0 Å². The van der Waals surface area contributed by atoms with Crippen LogP contribution in [-0.4, -0.2) is 24.5 Å². The van der Waals surface area contributed by atoms with Crippen molar-refractivity contribution in [3.05, 3.63) is 29.8 Å². The first-order valence-corrected chi connectivity index (χ1v) is 5.35. The van der Waals surface area contributed by atoms with Crippen molar-refractivity contribution in [3.63, 3.8) is 0 Å². The Labute approximate surface area is 99.9 Å². The number of nitrogens with one attached hydrogen (secondary N) is 1. The number of hydrogen-bond acceptors (Lipinski definition) is 4. The lowest BCUT2D eigenvalue weighted by molar-refractivity contribution is -0.146. The number of esters is 1. The predicted molar refractivity (Wildman–Crippen MR) is 64.4 cm³/mol. The van der Waals surface area contributed by atoms with E-state index in [9.17, 15) is 9.59 Å². The van der Waals surface area contributed by atoms with Gasteiger partial charge < -0.3 is 15.8 Å². The third-order valence-corrected chi connectivity index (χ3v) is 2.23. The molecule has 1 atom stereocenters. The van der Waals surface area contributed by atoms with Crippen molar-refractivity contribution in [1.82, 2.24) is 0 Å². The van der Waals surface area contributed by atoms with Gasteiger partial charge in [0.05, 0.1) is 6.61 Å². The van der Waals surface area contributed by atoms with Gasteiger partial charge in [-0.3, -0.25) is 4.79 Å². The van der Waals surface area contributed by atoms with Crippen LogP contribution in [0.25, 0.3) is 0 Å². The van der Waals surface area contributed by atoms with Crippen LogP contribution in [0.15, 0.2) is 24.3 Å². The molecule has 1 amide bonds. The van der Waals surface area contributed by atoms with E-state index in [4.69, 9.17) is 5.73 Å². The fourth-order valence-electron chi connectivity index (χ4n) is 1.26. The first kappa shape index (κ1) is 13.2. The highest BCUT2D eigenvalue weighted by Gasteiger charge is 2.23. The molecule has 0 heterocycles. The molecule has 0 radical (unpaired) electrons. The molecule has 0 saturated heterocycles. The van der Waals surface area contributed by atoms with E-state index in [0.717, 1.165) is 5.56 Å². The van der Waals surface area contributed by atoms with Gasteiger partial charge in [0, 0.05) is 5.69 Å². The highest BCUT2D eigenvalue weighted by molar-refractivity contribution is 6.08. The Hall–Kier alpha value is -1.88. The molecule has 0 aliphatic carbocycles. The summed E-state index contributed by atoms with van der Waals surface area (Å²) in [7, 11) is 0. The lowest BCUT2D eigenvalue weighted by Gasteiger charge is -2.12. The Bertz CT molecular complexity index is 418. The zero-order chi connectivity index (χ0) is 12.8. The van der Waals surface area contributed by atoms with E-state index in [1.807, 2.05) is 19.1 Å². The molecular formula is C12H16N2O3. The number of hydrogen-bond donors (Lipinski definition) is 2. The van der Waals surface area contributed by atoms with Gasteiger partial charge in [0.1, 0.15) is 0 Å². The first-order valence-electron chi connectivity index (χ1n) is 5.35. The fourth-order valence-corrected chi connectivity index (χ4v) is 1.26. The molecule has 92 valence electrons. The van der Waals surface area contributed by atoms with Crippen LogP contribution in [0.2, 0.25) is 0 Å². The van der Waals surface area contributed by atoms with Gasteiger partial charge in [0.2, 0.25) is 0 Å². The van der Waals surface area contributed by atoms with Gasteiger partial charge >= 0.3 is 5.97 Å². The van der Waals surface area contributed by atoms with Crippen LogP contribution in [0, 0.1) is 6.92 Å². The van der Waals surface area contributed by atoms with E-state index in [0.29, 0.717) is 5.69 Å². The van der Waals surface area contributed by atoms with E-state index in [1.54, 1.807) is 19.1 Å². The summed E-state index contributed by atoms with van der Waals surface area (Å²) in [5.74, 6) is -1.30. The average Bonchev–Trinajstić information content (AvgIpc) is 2.31. The van der Waals surface area contributed by atoms with Gasteiger partial charge in [0.15, 0.2) is 6.04 Å². The van der Waals surface area contributed by atoms with Crippen molar-refractivity contribution >= 4 is 17.6 Å². The molecule has 5 heteroatoms. The van der Waals surface area contributed by atoms with E-state index in [-0.39, 0.29) is 6.61 Å². The summed E-state index contributed by atoms with van der Waals surface area (Å²) in [6, 6.07) is 5.94. The smallest absolute Gasteiger partial charge is 0.332 e. The van der Waals surface area contributed by atoms with Gasteiger partial charge in [-0.1, -0.05) is 18.2 Å². The number of benzene rings is 1. The van der Waals surface area contributed by atoms with Crippen molar-refractivity contribution in [3.8, 4) is 0 Å². The maximum Gasteiger partial charge on any atom is 0.332 e. The third kappa shape index (κ3) is 3.57. The van der Waals surface area contributed by atoms with E-state index >= 15 is 0 Å². The second-order valence-corrected chi connectivity index (χ2v) is 3.53. The molecule has 17 heavy (non-hydrogen) atoms. The monoisotopic (exact) mass is 236 g/mol. The first-order chi connectivity index (χ1) is 8.06. The van der Waals surface area contributed by atoms with Crippen LogP contribution < -0.4 is 11.1 Å². The summed E-state index contributed by atoms with van der Waals surface area (Å²) < 4.78 is 4.67. The molecule has 0 aliphatic heterocycles. The summed E-state index contributed by atoms with van der Waals surface area (Å²) in [6.45, 7) is 3.71. The number of ether oxygens (including phenoxy) is 1. The average molecular weight is 236 g/mol. The van der Waals surface area contributed by atoms with Crippen molar-refractivity contribution in [1.29, 1.82) is 0 Å². The van der Waals surface area contributed by atoms with Crippen molar-refractivity contribution in [2.75, 3.05) is 11.9 Å². The highest BCUT2D eigenvalue weighted by atomic mass is 16.5. The quantitative estimate of drug-likeness (QED) is 0.599. The minimum atomic E-state index is -1.30. The Morgan fingerprint density at radius 3 is 2.65 bits per heavy atom. The number of rotatable bonds is 4. The molecule has 0 fully saturated rings. The topological polar surface area (TPSA) is 81.4 Å². The summed E-state index contributed by atoms with van der Waals surface area (Å²) in [5, 5.41) is 2.58. The highest BCUT2D eigenvalue weighted by Crippen LogP contribution is 2.13. The molecule has 1 rings (SSSR count). The molecule has 0 aliphatic rings. The third-order valence-electron chi connectivity index (χ3n) is 2.23. The predicted octanol–water partition coefficient (Wildman–Crippen LogP) is 0.824. The van der Waals surface area contributed by atoms with Crippen molar-refractivity contribution < 1.29 is 14.3 Å². The molecule has 0 aromatic heterocycles. The van der Waals surface area contributed by atoms with Gasteiger partial charge in [-0.25, -0.2) is 4.79 Å². The van der Waals surface area contributed by atoms with Crippen LogP contribution in [0.1, 0.15) is 12.5 Å². The van der Waals surface area contributed by atoms with E-state index < -0.39 is 17.9 Å². The standard InChI is InChI=1S/C12H16N2O3/c1-3-17-12(16)10(13)11(15)14-9-7-5-4-6-8(9)2/h4-7,10H,3,13H2,1-2H3,(H,14,15). The largest absolute Gasteiger partial charge is 0.464 e. The summed E-state index contributed by atoms with van der Waals surface area (Å²) in [4.78, 5) is 22.9. The van der Waals surface area contributed by atoms with Crippen molar-refractivity contribution in [2.24, 2.45) is 5.73 Å². The van der Waals surface area contributed by atoms with Gasteiger partial charge in [-0.05, 0) is 25.5 Å². The molecule has 5 nitrogen and oxygen atoms in total. The molecule has 1 aromatic carbocycles. The molecule has 0 bridgehead atoms. The van der Waals surface area contributed by atoms with Crippen LogP contribution in [0.5, 0.6) is 0 Å². The van der Waals surface area contributed by atoms with Crippen LogP contribution >= 0.6 is 0 Å². The molecule has 1 unspecified atom stereocenters.